The Hall–Kier alpha value is -3.14. The Bertz CT molecular complexity index is 1030. The molecule has 0 fully saturated rings. The van der Waals surface area contributed by atoms with Crippen LogP contribution in [-0.4, -0.2) is 15.0 Å². The van der Waals surface area contributed by atoms with E-state index in [9.17, 15) is 0 Å². The van der Waals surface area contributed by atoms with E-state index in [4.69, 9.17) is 0 Å². The summed E-state index contributed by atoms with van der Waals surface area (Å²) < 4.78 is 2.07. The molecule has 4 heteroatoms. The summed E-state index contributed by atoms with van der Waals surface area (Å²) in [7, 11) is 2.03. The number of aromatic nitrogens is 4. The fourth-order valence-electron chi connectivity index (χ4n) is 3.00. The molecule has 2 aromatic heterocycles. The fourth-order valence-corrected chi connectivity index (χ4v) is 3.00. The molecule has 0 spiro atoms. The largest absolute Gasteiger partial charge is 0.287 e. The number of fused-ring (bicyclic) bond motifs is 1. The molecule has 0 aliphatic heterocycles. The first-order valence-corrected chi connectivity index (χ1v) is 7.86. The third-order valence-electron chi connectivity index (χ3n) is 4.20. The van der Waals surface area contributed by atoms with Crippen LogP contribution in [0.2, 0.25) is 0 Å². The van der Waals surface area contributed by atoms with Crippen molar-refractivity contribution in [3.8, 4) is 22.6 Å². The average molecular weight is 313 g/mol. The quantitative estimate of drug-likeness (QED) is 0.532. The first-order valence-electron chi connectivity index (χ1n) is 7.86. The van der Waals surface area contributed by atoms with Gasteiger partial charge in [0.25, 0.3) is 6.33 Å². The topological polar surface area (TPSA) is 42.6 Å². The van der Waals surface area contributed by atoms with Crippen LogP contribution in [0.5, 0.6) is 0 Å². The molecule has 0 atom stereocenters. The molecule has 4 nitrogen and oxygen atoms in total. The smallest absolute Gasteiger partial charge is 0.237 e. The van der Waals surface area contributed by atoms with Gasteiger partial charge in [0.1, 0.15) is 5.69 Å². The average Bonchev–Trinajstić information content (AvgIpc) is 2.63. The van der Waals surface area contributed by atoms with Crippen LogP contribution in [0, 0.1) is 6.92 Å². The molecule has 116 valence electrons. The maximum Gasteiger partial charge on any atom is 0.287 e. The Balaban J connectivity index is 1.96. The van der Waals surface area contributed by atoms with E-state index in [1.165, 1.54) is 16.8 Å². The van der Waals surface area contributed by atoms with Crippen LogP contribution in [0.3, 0.4) is 0 Å². The Morgan fingerprint density at radius 2 is 1.67 bits per heavy atom. The van der Waals surface area contributed by atoms with Crippen molar-refractivity contribution in [2.24, 2.45) is 7.05 Å². The predicted octanol–water partition coefficient (Wildman–Crippen LogP) is 3.49. The molecule has 2 aromatic carbocycles. The van der Waals surface area contributed by atoms with Crippen LogP contribution in [0.1, 0.15) is 5.56 Å². The summed E-state index contributed by atoms with van der Waals surface area (Å²) >= 11 is 0. The van der Waals surface area contributed by atoms with Crippen LogP contribution in [0.25, 0.3) is 33.5 Å². The van der Waals surface area contributed by atoms with Gasteiger partial charge in [-0.1, -0.05) is 30.3 Å². The van der Waals surface area contributed by atoms with Crippen molar-refractivity contribution in [2.75, 3.05) is 0 Å². The summed E-state index contributed by atoms with van der Waals surface area (Å²) in [4.78, 5) is 13.2. The molecular formula is C20H17N4+. The summed E-state index contributed by atoms with van der Waals surface area (Å²) in [6.07, 6.45) is 5.37. The molecule has 0 N–H and O–H groups in total. The molecule has 0 radical (unpaired) electrons. The molecule has 0 aliphatic rings. The maximum atomic E-state index is 4.59. The van der Waals surface area contributed by atoms with E-state index in [1.54, 1.807) is 12.4 Å². The van der Waals surface area contributed by atoms with Crippen LogP contribution >= 0.6 is 0 Å². The van der Waals surface area contributed by atoms with Crippen molar-refractivity contribution >= 4 is 10.9 Å². The number of hydrogen-bond acceptors (Lipinski definition) is 3. The third-order valence-corrected chi connectivity index (χ3v) is 4.20. The maximum absolute atomic E-state index is 4.59. The molecule has 4 aromatic rings. The van der Waals surface area contributed by atoms with E-state index in [1.807, 2.05) is 25.5 Å². The van der Waals surface area contributed by atoms with E-state index in [2.05, 4.69) is 62.8 Å². The van der Waals surface area contributed by atoms with Crippen molar-refractivity contribution in [2.45, 2.75) is 6.92 Å². The lowest BCUT2D eigenvalue weighted by molar-refractivity contribution is -0.662. The van der Waals surface area contributed by atoms with Crippen LogP contribution in [0.4, 0.5) is 0 Å². The molecule has 0 aliphatic carbocycles. The van der Waals surface area contributed by atoms with Gasteiger partial charge in [0.15, 0.2) is 11.3 Å². The van der Waals surface area contributed by atoms with Crippen molar-refractivity contribution in [1.82, 2.24) is 15.0 Å². The highest BCUT2D eigenvalue weighted by Crippen LogP contribution is 2.28. The summed E-state index contributed by atoms with van der Waals surface area (Å²) in [6, 6.07) is 16.4. The van der Waals surface area contributed by atoms with Gasteiger partial charge in [0, 0.05) is 29.6 Å². The van der Waals surface area contributed by atoms with Gasteiger partial charge in [-0.2, -0.15) is 0 Å². The fraction of sp³-hybridized carbons (Fsp3) is 0.100. The lowest BCUT2D eigenvalue weighted by Crippen LogP contribution is -2.31. The minimum Gasteiger partial charge on any atom is -0.237 e. The Morgan fingerprint density at radius 3 is 2.46 bits per heavy atom. The first kappa shape index (κ1) is 14.5. The van der Waals surface area contributed by atoms with Gasteiger partial charge in [-0.15, -0.1) is 0 Å². The second kappa shape index (κ2) is 5.81. The van der Waals surface area contributed by atoms with Crippen molar-refractivity contribution in [3.63, 3.8) is 0 Å². The van der Waals surface area contributed by atoms with E-state index in [0.29, 0.717) is 5.82 Å². The zero-order valence-electron chi connectivity index (χ0n) is 13.6. The van der Waals surface area contributed by atoms with Crippen LogP contribution < -0.4 is 4.57 Å². The summed E-state index contributed by atoms with van der Waals surface area (Å²) in [5.41, 5.74) is 5.54. The van der Waals surface area contributed by atoms with E-state index >= 15 is 0 Å². The van der Waals surface area contributed by atoms with Gasteiger partial charge in [-0.3, -0.25) is 0 Å². The third kappa shape index (κ3) is 2.42. The monoisotopic (exact) mass is 313 g/mol. The van der Waals surface area contributed by atoms with Crippen molar-refractivity contribution < 1.29 is 4.57 Å². The molecule has 0 saturated carbocycles. The van der Waals surface area contributed by atoms with Gasteiger partial charge in [0.05, 0.1) is 12.4 Å². The summed E-state index contributed by atoms with van der Waals surface area (Å²) in [6.45, 7) is 2.13. The molecule has 4 rings (SSSR count). The van der Waals surface area contributed by atoms with Gasteiger partial charge >= 0.3 is 0 Å². The lowest BCUT2D eigenvalue weighted by atomic mass is 10.0. The standard InChI is InChI=1S/C20H17N4/c1-14-6-3-4-7-16(14)19-17-9-8-15(20-21-10-5-11-22-20)12-18(17)23-13-24(19)2/h3-13H,1-2H3/q+1. The second-order valence-electron chi connectivity index (χ2n) is 5.82. The summed E-state index contributed by atoms with van der Waals surface area (Å²) in [5.74, 6) is 0.715. The molecular weight excluding hydrogens is 296 g/mol. The molecule has 0 bridgehead atoms. The number of rotatable bonds is 2. The van der Waals surface area contributed by atoms with Gasteiger partial charge in [0.2, 0.25) is 0 Å². The van der Waals surface area contributed by atoms with E-state index in [-0.39, 0.29) is 0 Å². The molecule has 24 heavy (non-hydrogen) atoms. The van der Waals surface area contributed by atoms with Gasteiger partial charge in [-0.05, 0) is 29.6 Å². The molecule has 0 unspecified atom stereocenters. The Labute approximate surface area is 140 Å². The zero-order valence-corrected chi connectivity index (χ0v) is 13.6. The van der Waals surface area contributed by atoms with E-state index < -0.39 is 0 Å². The normalized spacial score (nSPS) is 10.9. The molecule has 0 saturated heterocycles. The SMILES string of the molecule is Cc1ccccc1-c1c2ccc(-c3ncccn3)cc2nc[n+]1C. The summed E-state index contributed by atoms with van der Waals surface area (Å²) in [5, 5.41) is 1.12. The highest BCUT2D eigenvalue weighted by Gasteiger charge is 2.17. The number of nitrogens with zero attached hydrogens (tertiary/aromatic N) is 4. The highest BCUT2D eigenvalue weighted by atomic mass is 15.0. The highest BCUT2D eigenvalue weighted by molar-refractivity contribution is 5.93. The second-order valence-corrected chi connectivity index (χ2v) is 5.82. The minimum absolute atomic E-state index is 0.715. The lowest BCUT2D eigenvalue weighted by Gasteiger charge is -2.09. The van der Waals surface area contributed by atoms with Gasteiger partial charge < -0.3 is 0 Å². The molecule has 2 heterocycles. The molecule has 0 amide bonds. The Morgan fingerprint density at radius 1 is 0.875 bits per heavy atom. The van der Waals surface area contributed by atoms with Gasteiger partial charge in [-0.25, -0.2) is 14.5 Å². The van der Waals surface area contributed by atoms with Crippen LogP contribution in [0.15, 0.2) is 67.3 Å². The van der Waals surface area contributed by atoms with Crippen LogP contribution in [-0.2, 0) is 7.05 Å². The van der Waals surface area contributed by atoms with E-state index in [0.717, 1.165) is 16.5 Å². The predicted molar refractivity (Wildman–Crippen MR) is 94.1 cm³/mol. The zero-order chi connectivity index (χ0) is 16.5. The number of aryl methyl sites for hydroxylation is 2. The van der Waals surface area contributed by atoms with Crippen molar-refractivity contribution in [1.29, 1.82) is 0 Å². The Kier molecular flexibility index (Phi) is 3.50. The first-order chi connectivity index (χ1) is 11.7. The minimum atomic E-state index is 0.715. The number of hydrogen-bond donors (Lipinski definition) is 0. The number of benzene rings is 2. The van der Waals surface area contributed by atoms with Crippen molar-refractivity contribution in [3.05, 3.63) is 72.8 Å².